The van der Waals surface area contributed by atoms with Crippen molar-refractivity contribution in [1.29, 1.82) is 0 Å². The largest absolute Gasteiger partial charge is 0.314 e. The summed E-state index contributed by atoms with van der Waals surface area (Å²) in [6.45, 7) is 15.4. The van der Waals surface area contributed by atoms with Gasteiger partial charge in [-0.3, -0.25) is 0 Å². The van der Waals surface area contributed by atoms with E-state index in [1.807, 2.05) is 0 Å². The predicted molar refractivity (Wildman–Crippen MR) is 57.9 cm³/mol. The van der Waals surface area contributed by atoms with E-state index in [9.17, 15) is 0 Å². The molecule has 1 heterocycles. The smallest absolute Gasteiger partial charge is 0.0107 e. The third-order valence-corrected chi connectivity index (χ3v) is 3.22. The minimum absolute atomic E-state index is 0.449. The van der Waals surface area contributed by atoms with Crippen molar-refractivity contribution in [2.75, 3.05) is 32.7 Å². The van der Waals surface area contributed by atoms with Crippen LogP contribution in [0.1, 0.15) is 27.7 Å². The lowest BCUT2D eigenvalue weighted by molar-refractivity contribution is 0.149. The van der Waals surface area contributed by atoms with Crippen LogP contribution in [0.25, 0.3) is 0 Å². The highest BCUT2D eigenvalue weighted by Crippen LogP contribution is 2.25. The molecule has 1 rings (SSSR count). The van der Waals surface area contributed by atoms with Crippen molar-refractivity contribution in [3.05, 3.63) is 0 Å². The summed E-state index contributed by atoms with van der Waals surface area (Å²) < 4.78 is 0. The molecule has 1 aliphatic heterocycles. The van der Waals surface area contributed by atoms with Crippen molar-refractivity contribution in [3.63, 3.8) is 0 Å². The Balaban J connectivity index is 2.30. The quantitative estimate of drug-likeness (QED) is 0.701. The molecule has 0 saturated carbocycles. The summed E-state index contributed by atoms with van der Waals surface area (Å²) >= 11 is 0. The lowest BCUT2D eigenvalue weighted by Crippen LogP contribution is -2.46. The Morgan fingerprint density at radius 2 is 1.77 bits per heavy atom. The fourth-order valence-corrected chi connectivity index (χ4v) is 1.55. The molecule has 0 bridgehead atoms. The molecule has 13 heavy (non-hydrogen) atoms. The third kappa shape index (κ3) is 3.65. The van der Waals surface area contributed by atoms with E-state index in [-0.39, 0.29) is 0 Å². The molecule has 2 nitrogen and oxygen atoms in total. The van der Waals surface area contributed by atoms with Crippen LogP contribution >= 0.6 is 0 Å². The van der Waals surface area contributed by atoms with Gasteiger partial charge in [-0.2, -0.15) is 0 Å². The molecule has 0 spiro atoms. The highest BCUT2D eigenvalue weighted by molar-refractivity contribution is 4.76. The zero-order valence-electron chi connectivity index (χ0n) is 9.56. The van der Waals surface area contributed by atoms with E-state index in [1.165, 1.54) is 19.6 Å². The molecule has 1 unspecified atom stereocenters. The van der Waals surface area contributed by atoms with Crippen molar-refractivity contribution < 1.29 is 0 Å². The molecule has 0 aliphatic carbocycles. The van der Waals surface area contributed by atoms with Gasteiger partial charge >= 0.3 is 0 Å². The summed E-state index contributed by atoms with van der Waals surface area (Å²) in [6.07, 6.45) is 0. The van der Waals surface area contributed by atoms with Gasteiger partial charge in [0.15, 0.2) is 0 Å². The first kappa shape index (κ1) is 11.0. The van der Waals surface area contributed by atoms with Gasteiger partial charge in [0.05, 0.1) is 0 Å². The maximum atomic E-state index is 3.39. The summed E-state index contributed by atoms with van der Waals surface area (Å²) in [7, 11) is 0. The van der Waals surface area contributed by atoms with Crippen LogP contribution in [0.15, 0.2) is 0 Å². The number of hydrogen-bond acceptors (Lipinski definition) is 2. The van der Waals surface area contributed by atoms with Gasteiger partial charge < -0.3 is 10.2 Å². The van der Waals surface area contributed by atoms with E-state index in [0.29, 0.717) is 5.41 Å². The number of rotatable bonds is 2. The Bertz CT molecular complexity index is 143. The molecule has 1 atom stereocenters. The molecule has 0 radical (unpaired) electrons. The van der Waals surface area contributed by atoms with E-state index in [2.05, 4.69) is 37.9 Å². The van der Waals surface area contributed by atoms with Gasteiger partial charge in [0, 0.05) is 32.7 Å². The zero-order valence-corrected chi connectivity index (χ0v) is 9.56. The van der Waals surface area contributed by atoms with Crippen LogP contribution < -0.4 is 5.32 Å². The molecule has 0 aromatic heterocycles. The first-order valence-corrected chi connectivity index (χ1v) is 5.43. The maximum Gasteiger partial charge on any atom is 0.0107 e. The minimum atomic E-state index is 0.449. The molecule has 1 saturated heterocycles. The Kier molecular flexibility index (Phi) is 3.74. The van der Waals surface area contributed by atoms with Gasteiger partial charge in [-0.1, -0.05) is 27.7 Å². The standard InChI is InChI=1S/C11H24N2/c1-10(11(2,3)4)9-13-7-5-12-6-8-13/h10,12H,5-9H2,1-4H3. The molecule has 1 aliphatic rings. The molecule has 1 N–H and O–H groups in total. The first-order chi connectivity index (χ1) is 6.00. The molecular weight excluding hydrogens is 160 g/mol. The summed E-state index contributed by atoms with van der Waals surface area (Å²) in [4.78, 5) is 2.58. The average Bonchev–Trinajstić information content (AvgIpc) is 2.04. The Labute approximate surface area is 82.7 Å². The van der Waals surface area contributed by atoms with Crippen molar-refractivity contribution in [1.82, 2.24) is 10.2 Å². The molecular formula is C11H24N2. The molecule has 0 aromatic rings. The Morgan fingerprint density at radius 1 is 1.23 bits per heavy atom. The van der Waals surface area contributed by atoms with E-state index < -0.39 is 0 Å². The Morgan fingerprint density at radius 3 is 2.23 bits per heavy atom. The average molecular weight is 184 g/mol. The fraction of sp³-hybridized carbons (Fsp3) is 1.00. The predicted octanol–water partition coefficient (Wildman–Crippen LogP) is 1.57. The number of nitrogens with zero attached hydrogens (tertiary/aromatic N) is 1. The highest BCUT2D eigenvalue weighted by Gasteiger charge is 2.22. The van der Waals surface area contributed by atoms with Crippen LogP contribution in [0.4, 0.5) is 0 Å². The number of hydrogen-bond donors (Lipinski definition) is 1. The summed E-state index contributed by atoms with van der Waals surface area (Å²) in [5, 5.41) is 3.39. The van der Waals surface area contributed by atoms with Crippen LogP contribution in [0.3, 0.4) is 0 Å². The molecule has 0 amide bonds. The minimum Gasteiger partial charge on any atom is -0.314 e. The van der Waals surface area contributed by atoms with E-state index in [0.717, 1.165) is 19.0 Å². The molecule has 1 fully saturated rings. The second-order valence-electron chi connectivity index (χ2n) is 5.32. The molecule has 0 aromatic carbocycles. The van der Waals surface area contributed by atoms with Gasteiger partial charge in [-0.15, -0.1) is 0 Å². The highest BCUT2D eigenvalue weighted by atomic mass is 15.2. The SMILES string of the molecule is CC(CN1CCNCC1)C(C)(C)C. The van der Waals surface area contributed by atoms with Crippen LogP contribution in [0.2, 0.25) is 0 Å². The van der Waals surface area contributed by atoms with Crippen LogP contribution in [-0.2, 0) is 0 Å². The van der Waals surface area contributed by atoms with Gasteiger partial charge in [0.25, 0.3) is 0 Å². The van der Waals surface area contributed by atoms with Crippen molar-refractivity contribution in [2.45, 2.75) is 27.7 Å². The topological polar surface area (TPSA) is 15.3 Å². The van der Waals surface area contributed by atoms with Gasteiger partial charge in [-0.25, -0.2) is 0 Å². The van der Waals surface area contributed by atoms with E-state index in [4.69, 9.17) is 0 Å². The van der Waals surface area contributed by atoms with Crippen molar-refractivity contribution >= 4 is 0 Å². The third-order valence-electron chi connectivity index (χ3n) is 3.22. The lowest BCUT2D eigenvalue weighted by atomic mass is 9.82. The molecule has 2 heteroatoms. The van der Waals surface area contributed by atoms with Crippen molar-refractivity contribution in [3.8, 4) is 0 Å². The summed E-state index contributed by atoms with van der Waals surface area (Å²) in [6, 6.07) is 0. The first-order valence-electron chi connectivity index (χ1n) is 5.43. The summed E-state index contributed by atoms with van der Waals surface area (Å²) in [5.74, 6) is 0.783. The zero-order chi connectivity index (χ0) is 9.90. The summed E-state index contributed by atoms with van der Waals surface area (Å²) in [5.41, 5.74) is 0.449. The van der Waals surface area contributed by atoms with Gasteiger partial charge in [0.2, 0.25) is 0 Å². The van der Waals surface area contributed by atoms with E-state index in [1.54, 1.807) is 0 Å². The van der Waals surface area contributed by atoms with Crippen LogP contribution in [-0.4, -0.2) is 37.6 Å². The monoisotopic (exact) mass is 184 g/mol. The second-order valence-corrected chi connectivity index (χ2v) is 5.32. The molecule has 78 valence electrons. The van der Waals surface area contributed by atoms with E-state index >= 15 is 0 Å². The fourth-order valence-electron chi connectivity index (χ4n) is 1.55. The normalized spacial score (nSPS) is 23.1. The van der Waals surface area contributed by atoms with Crippen LogP contribution in [0.5, 0.6) is 0 Å². The lowest BCUT2D eigenvalue weighted by Gasteiger charge is -2.35. The van der Waals surface area contributed by atoms with Gasteiger partial charge in [0.1, 0.15) is 0 Å². The van der Waals surface area contributed by atoms with Gasteiger partial charge in [-0.05, 0) is 11.3 Å². The number of nitrogens with one attached hydrogen (secondary N) is 1. The van der Waals surface area contributed by atoms with Crippen LogP contribution in [0, 0.1) is 11.3 Å². The number of piperazine rings is 1. The van der Waals surface area contributed by atoms with Crippen molar-refractivity contribution in [2.24, 2.45) is 11.3 Å². The Hall–Kier alpha value is -0.0800. The second kappa shape index (κ2) is 4.43. The maximum absolute atomic E-state index is 3.39.